The summed E-state index contributed by atoms with van der Waals surface area (Å²) in [4.78, 5) is 22.1. The zero-order valence-corrected chi connectivity index (χ0v) is 19.9. The number of pyridine rings is 1. The highest BCUT2D eigenvalue weighted by molar-refractivity contribution is 6.04. The van der Waals surface area contributed by atoms with Crippen LogP contribution in [0.15, 0.2) is 70.9 Å². The number of hydrogen-bond acceptors (Lipinski definition) is 6. The first-order chi connectivity index (χ1) is 18.3. The number of nitrogens with one attached hydrogen (secondary N) is 1. The fourth-order valence-electron chi connectivity index (χ4n) is 4.94. The van der Waals surface area contributed by atoms with Crippen molar-refractivity contribution < 1.29 is 22.7 Å². The van der Waals surface area contributed by atoms with Crippen molar-refractivity contribution in [3.63, 3.8) is 0 Å². The summed E-state index contributed by atoms with van der Waals surface area (Å²) in [6.45, 7) is 1.54. The lowest BCUT2D eigenvalue weighted by Crippen LogP contribution is -2.48. The van der Waals surface area contributed by atoms with Gasteiger partial charge in [0.25, 0.3) is 0 Å². The molecular weight excluding hydrogens is 497 g/mol. The van der Waals surface area contributed by atoms with E-state index >= 15 is 0 Å². The van der Waals surface area contributed by atoms with E-state index in [9.17, 15) is 18.0 Å². The molecule has 3 aliphatic heterocycles. The normalized spacial score (nSPS) is 18.5. The van der Waals surface area contributed by atoms with Crippen LogP contribution < -0.4 is 19.9 Å². The third-order valence-corrected chi connectivity index (χ3v) is 6.83. The molecular formula is C27H21F3N6O2. The maximum atomic E-state index is 13.6. The summed E-state index contributed by atoms with van der Waals surface area (Å²) >= 11 is 0. The fraction of sp³-hybridized carbons (Fsp3) is 0.259. The van der Waals surface area contributed by atoms with E-state index in [1.807, 2.05) is 6.07 Å². The lowest BCUT2D eigenvalue weighted by Gasteiger charge is -2.36. The molecule has 0 aliphatic carbocycles. The van der Waals surface area contributed by atoms with Crippen LogP contribution in [0, 0.1) is 12.3 Å². The third kappa shape index (κ3) is 3.98. The molecule has 0 radical (unpaired) electrons. The molecule has 6 rings (SSSR count). The van der Waals surface area contributed by atoms with Crippen molar-refractivity contribution in [2.24, 2.45) is 10.2 Å². The average Bonchev–Trinajstić information content (AvgIpc) is 3.64. The summed E-state index contributed by atoms with van der Waals surface area (Å²) in [6, 6.07) is 16.0. The number of ether oxygens (including phenoxy) is 1. The Hall–Kier alpha value is -4.59. The topological polar surface area (TPSA) is 82.4 Å². The highest BCUT2D eigenvalue weighted by Gasteiger charge is 2.65. The van der Waals surface area contributed by atoms with Crippen molar-refractivity contribution in [1.82, 2.24) is 4.98 Å². The first kappa shape index (κ1) is 23.8. The average molecular weight is 518 g/mol. The maximum absolute atomic E-state index is 13.6. The molecule has 2 aromatic carbocycles. The second-order valence-electron chi connectivity index (χ2n) is 9.20. The largest absolute Gasteiger partial charge is 0.481 e. The van der Waals surface area contributed by atoms with E-state index in [0.29, 0.717) is 35.1 Å². The quantitative estimate of drug-likeness (QED) is 0.448. The minimum absolute atomic E-state index is 0.0765. The van der Waals surface area contributed by atoms with Crippen molar-refractivity contribution in [3.8, 4) is 29.4 Å². The summed E-state index contributed by atoms with van der Waals surface area (Å²) in [5, 5.41) is 9.51. The van der Waals surface area contributed by atoms with Crippen molar-refractivity contribution in [2.45, 2.75) is 24.3 Å². The van der Waals surface area contributed by atoms with Crippen LogP contribution in [0.4, 0.5) is 35.2 Å². The standard InChI is InChI=1S/C27H21F3N6O2/c1-2-13-38-21-8-4-7-19(15-21)31-25(37)36-20-11-12-35(16-20)23-10-9-22(32-24(23)36)17-5-3-6-18(14-17)26(33-34-26)27(28,29)30/h1,3-10,14-15,20H,11-13,16H2,(H,31,37)/t20-/m0/s1. The Balaban J connectivity index is 1.32. The van der Waals surface area contributed by atoms with Gasteiger partial charge in [-0.3, -0.25) is 4.90 Å². The van der Waals surface area contributed by atoms with Crippen molar-refractivity contribution in [1.29, 1.82) is 0 Å². The van der Waals surface area contributed by atoms with Gasteiger partial charge in [-0.05, 0) is 36.8 Å². The number of rotatable bonds is 5. The van der Waals surface area contributed by atoms with Gasteiger partial charge in [0, 0.05) is 36.0 Å². The summed E-state index contributed by atoms with van der Waals surface area (Å²) in [5.41, 5.74) is -0.366. The number of anilines is 3. The zero-order chi connectivity index (χ0) is 26.5. The molecule has 2 bridgehead atoms. The fourth-order valence-corrected chi connectivity index (χ4v) is 4.94. The molecule has 1 fully saturated rings. The van der Waals surface area contributed by atoms with Crippen LogP contribution in [0.25, 0.3) is 11.3 Å². The summed E-state index contributed by atoms with van der Waals surface area (Å²) < 4.78 is 46.1. The first-order valence-electron chi connectivity index (χ1n) is 11.9. The number of terminal acetylenes is 1. The molecule has 1 N–H and O–H groups in total. The third-order valence-electron chi connectivity index (χ3n) is 6.83. The Kier molecular flexibility index (Phi) is 5.48. The van der Waals surface area contributed by atoms with Crippen molar-refractivity contribution in [3.05, 3.63) is 66.2 Å². The van der Waals surface area contributed by atoms with Gasteiger partial charge in [-0.25, -0.2) is 9.78 Å². The van der Waals surface area contributed by atoms with Crippen LogP contribution in [-0.2, 0) is 5.66 Å². The minimum Gasteiger partial charge on any atom is -0.481 e. The zero-order valence-electron chi connectivity index (χ0n) is 19.9. The molecule has 0 unspecified atom stereocenters. The molecule has 0 saturated carbocycles. The van der Waals surface area contributed by atoms with Crippen LogP contribution in [0.5, 0.6) is 5.75 Å². The number of alkyl halides is 3. The Bertz CT molecular complexity index is 1490. The molecule has 3 aromatic rings. The number of fused-ring (bicyclic) bond motifs is 4. The van der Waals surface area contributed by atoms with Gasteiger partial charge in [-0.15, -0.1) is 16.7 Å². The van der Waals surface area contributed by atoms with E-state index in [1.54, 1.807) is 41.3 Å². The molecule has 3 aliphatic rings. The predicted molar refractivity (Wildman–Crippen MR) is 135 cm³/mol. The Morgan fingerprint density at radius 2 is 1.97 bits per heavy atom. The van der Waals surface area contributed by atoms with Crippen LogP contribution in [0.3, 0.4) is 0 Å². The van der Waals surface area contributed by atoms with Gasteiger partial charge in [0.05, 0.1) is 17.4 Å². The number of carbonyl (C=O) groups excluding carboxylic acids is 1. The minimum atomic E-state index is -4.63. The number of aromatic nitrogens is 1. The maximum Gasteiger partial charge on any atom is 0.442 e. The van der Waals surface area contributed by atoms with Gasteiger partial charge in [-0.2, -0.15) is 13.2 Å². The Morgan fingerprint density at radius 3 is 2.74 bits per heavy atom. The van der Waals surface area contributed by atoms with Crippen LogP contribution in [0.1, 0.15) is 12.0 Å². The molecule has 1 saturated heterocycles. The van der Waals surface area contributed by atoms with Crippen LogP contribution in [-0.4, -0.2) is 42.9 Å². The van der Waals surface area contributed by atoms with Crippen LogP contribution in [0.2, 0.25) is 0 Å². The molecule has 1 atom stereocenters. The van der Waals surface area contributed by atoms with Crippen LogP contribution >= 0.6 is 0 Å². The number of urea groups is 1. The van der Waals surface area contributed by atoms with E-state index in [0.717, 1.165) is 18.7 Å². The predicted octanol–water partition coefficient (Wildman–Crippen LogP) is 5.57. The molecule has 4 heterocycles. The number of amides is 2. The van der Waals surface area contributed by atoms with Gasteiger partial charge >= 0.3 is 17.9 Å². The molecule has 8 nitrogen and oxygen atoms in total. The molecule has 1 aromatic heterocycles. The lowest BCUT2D eigenvalue weighted by molar-refractivity contribution is -0.166. The molecule has 38 heavy (non-hydrogen) atoms. The van der Waals surface area contributed by atoms with E-state index in [-0.39, 0.29) is 24.2 Å². The van der Waals surface area contributed by atoms with Gasteiger partial charge in [0.1, 0.15) is 12.4 Å². The van der Waals surface area contributed by atoms with Gasteiger partial charge in [0.15, 0.2) is 5.82 Å². The highest BCUT2D eigenvalue weighted by Crippen LogP contribution is 2.52. The number of hydrogen-bond donors (Lipinski definition) is 1. The van der Waals surface area contributed by atoms with E-state index in [4.69, 9.17) is 16.1 Å². The Morgan fingerprint density at radius 1 is 1.16 bits per heavy atom. The van der Waals surface area contributed by atoms with Gasteiger partial charge in [-0.1, -0.05) is 30.2 Å². The summed E-state index contributed by atoms with van der Waals surface area (Å²) in [7, 11) is 0. The number of halogens is 3. The molecule has 2 amide bonds. The number of benzene rings is 2. The molecule has 192 valence electrons. The SMILES string of the molecule is C#CCOc1cccc(NC(=O)N2c3nc(-c4cccc(C5(C(F)(F)F)N=N5)c4)ccc3N3CC[C@H]2C3)c1. The second-order valence-corrected chi connectivity index (χ2v) is 9.20. The summed E-state index contributed by atoms with van der Waals surface area (Å²) in [6.07, 6.45) is 1.39. The lowest BCUT2D eigenvalue weighted by atomic mass is 9.99. The van der Waals surface area contributed by atoms with Gasteiger partial charge in [0.2, 0.25) is 0 Å². The molecule has 11 heteroatoms. The number of carbonyl (C=O) groups is 1. The smallest absolute Gasteiger partial charge is 0.442 e. The first-order valence-corrected chi connectivity index (χ1v) is 11.9. The number of nitrogens with zero attached hydrogens (tertiary/aromatic N) is 5. The second kappa shape index (κ2) is 8.76. The van der Waals surface area contributed by atoms with E-state index in [1.165, 1.54) is 18.2 Å². The highest BCUT2D eigenvalue weighted by atomic mass is 19.4. The molecule has 0 spiro atoms. The monoisotopic (exact) mass is 518 g/mol. The Labute approximate surface area is 216 Å². The van der Waals surface area contributed by atoms with E-state index in [2.05, 4.69) is 26.4 Å². The summed E-state index contributed by atoms with van der Waals surface area (Å²) in [5.74, 6) is 3.38. The van der Waals surface area contributed by atoms with Crippen molar-refractivity contribution in [2.75, 3.05) is 34.8 Å². The van der Waals surface area contributed by atoms with Gasteiger partial charge < -0.3 is 15.0 Å². The van der Waals surface area contributed by atoms with E-state index < -0.39 is 11.8 Å². The van der Waals surface area contributed by atoms with Crippen molar-refractivity contribution >= 4 is 23.2 Å².